The van der Waals surface area contributed by atoms with Gasteiger partial charge in [0.15, 0.2) is 0 Å². The van der Waals surface area contributed by atoms with E-state index in [1.54, 1.807) is 23.5 Å². The molecular formula is C15H17NO2S. The molecule has 1 aromatic heterocycles. The number of hydrogen-bond acceptors (Lipinski definition) is 3. The van der Waals surface area contributed by atoms with Crippen LogP contribution in [0.4, 0.5) is 0 Å². The minimum Gasteiger partial charge on any atom is -0.478 e. The van der Waals surface area contributed by atoms with Gasteiger partial charge in [-0.3, -0.25) is 0 Å². The average Bonchev–Trinajstić information content (AvgIpc) is 2.86. The van der Waals surface area contributed by atoms with E-state index >= 15 is 0 Å². The molecule has 0 radical (unpaired) electrons. The van der Waals surface area contributed by atoms with Crippen LogP contribution in [0.5, 0.6) is 0 Å². The quantitative estimate of drug-likeness (QED) is 0.850. The number of carboxylic acids is 1. The van der Waals surface area contributed by atoms with Crippen molar-refractivity contribution < 1.29 is 9.90 Å². The Kier molecular flexibility index (Phi) is 4.71. The van der Waals surface area contributed by atoms with Gasteiger partial charge < -0.3 is 10.4 Å². The third-order valence-corrected chi connectivity index (χ3v) is 4.03. The largest absolute Gasteiger partial charge is 0.478 e. The van der Waals surface area contributed by atoms with Crippen LogP contribution in [0.1, 0.15) is 33.3 Å². The number of carboxylic acid groups (broad SMARTS) is 1. The van der Waals surface area contributed by atoms with Gasteiger partial charge in [-0.2, -0.15) is 0 Å². The van der Waals surface area contributed by atoms with Gasteiger partial charge in [-0.25, -0.2) is 4.79 Å². The SMILES string of the molecule is CCc1ccsc1CNCc1ccccc1C(=O)O. The first-order valence-corrected chi connectivity index (χ1v) is 7.17. The number of rotatable bonds is 6. The van der Waals surface area contributed by atoms with Gasteiger partial charge in [0.25, 0.3) is 0 Å². The van der Waals surface area contributed by atoms with Gasteiger partial charge in [-0.05, 0) is 35.1 Å². The molecule has 0 unspecified atom stereocenters. The van der Waals surface area contributed by atoms with Crippen LogP contribution in [-0.2, 0) is 19.5 Å². The van der Waals surface area contributed by atoms with Crippen LogP contribution < -0.4 is 5.32 Å². The molecule has 0 atom stereocenters. The maximum atomic E-state index is 11.1. The Morgan fingerprint density at radius 1 is 1.21 bits per heavy atom. The average molecular weight is 275 g/mol. The summed E-state index contributed by atoms with van der Waals surface area (Å²) < 4.78 is 0. The summed E-state index contributed by atoms with van der Waals surface area (Å²) in [6.07, 6.45) is 1.03. The van der Waals surface area contributed by atoms with Crippen molar-refractivity contribution in [1.82, 2.24) is 5.32 Å². The van der Waals surface area contributed by atoms with Crippen molar-refractivity contribution in [3.63, 3.8) is 0 Å². The number of aromatic carboxylic acids is 1. The highest BCUT2D eigenvalue weighted by molar-refractivity contribution is 7.10. The molecule has 0 aliphatic rings. The summed E-state index contributed by atoms with van der Waals surface area (Å²) in [5.41, 5.74) is 2.56. The van der Waals surface area contributed by atoms with Crippen LogP contribution in [0.15, 0.2) is 35.7 Å². The highest BCUT2D eigenvalue weighted by atomic mass is 32.1. The lowest BCUT2D eigenvalue weighted by Crippen LogP contribution is -2.15. The Labute approximate surface area is 116 Å². The van der Waals surface area contributed by atoms with Crippen molar-refractivity contribution >= 4 is 17.3 Å². The Balaban J connectivity index is 1.98. The number of thiophene rings is 1. The summed E-state index contributed by atoms with van der Waals surface area (Å²) in [6.45, 7) is 3.50. The summed E-state index contributed by atoms with van der Waals surface area (Å²) >= 11 is 1.74. The number of aryl methyl sites for hydroxylation is 1. The molecule has 0 amide bonds. The molecule has 1 heterocycles. The molecule has 0 saturated carbocycles. The van der Waals surface area contributed by atoms with Gasteiger partial charge in [0, 0.05) is 18.0 Å². The van der Waals surface area contributed by atoms with Gasteiger partial charge in [0.05, 0.1) is 5.56 Å². The van der Waals surface area contributed by atoms with E-state index in [0.29, 0.717) is 12.1 Å². The van der Waals surface area contributed by atoms with Crippen LogP contribution in [0.25, 0.3) is 0 Å². The monoisotopic (exact) mass is 275 g/mol. The molecule has 1 aromatic carbocycles. The molecule has 0 fully saturated rings. The normalized spacial score (nSPS) is 10.6. The van der Waals surface area contributed by atoms with E-state index in [4.69, 9.17) is 5.11 Å². The minimum atomic E-state index is -0.872. The zero-order valence-corrected chi connectivity index (χ0v) is 11.7. The summed E-state index contributed by atoms with van der Waals surface area (Å²) in [5, 5.41) is 14.5. The summed E-state index contributed by atoms with van der Waals surface area (Å²) in [6, 6.07) is 9.26. The fraction of sp³-hybridized carbons (Fsp3) is 0.267. The Hall–Kier alpha value is -1.65. The van der Waals surface area contributed by atoms with Gasteiger partial charge in [-0.15, -0.1) is 11.3 Å². The molecule has 2 rings (SSSR count). The maximum Gasteiger partial charge on any atom is 0.336 e. The number of benzene rings is 1. The highest BCUT2D eigenvalue weighted by Gasteiger charge is 2.08. The first-order chi connectivity index (χ1) is 9.22. The molecule has 0 spiro atoms. The number of nitrogens with one attached hydrogen (secondary N) is 1. The first-order valence-electron chi connectivity index (χ1n) is 6.29. The Morgan fingerprint density at radius 2 is 2.00 bits per heavy atom. The molecule has 100 valence electrons. The van der Waals surface area contributed by atoms with Crippen LogP contribution >= 0.6 is 11.3 Å². The van der Waals surface area contributed by atoms with E-state index in [2.05, 4.69) is 23.7 Å². The van der Waals surface area contributed by atoms with Crippen LogP contribution in [0, 0.1) is 0 Å². The van der Waals surface area contributed by atoms with E-state index in [-0.39, 0.29) is 0 Å². The fourth-order valence-electron chi connectivity index (χ4n) is 2.03. The lowest BCUT2D eigenvalue weighted by atomic mass is 10.1. The van der Waals surface area contributed by atoms with Gasteiger partial charge >= 0.3 is 5.97 Å². The Morgan fingerprint density at radius 3 is 2.74 bits per heavy atom. The second-order valence-corrected chi connectivity index (χ2v) is 5.29. The van der Waals surface area contributed by atoms with Gasteiger partial charge in [-0.1, -0.05) is 25.1 Å². The molecule has 4 heteroatoms. The van der Waals surface area contributed by atoms with E-state index in [0.717, 1.165) is 18.5 Å². The van der Waals surface area contributed by atoms with Crippen LogP contribution in [-0.4, -0.2) is 11.1 Å². The number of carbonyl (C=O) groups is 1. The van der Waals surface area contributed by atoms with Crippen LogP contribution in [0.3, 0.4) is 0 Å². The topological polar surface area (TPSA) is 49.3 Å². The zero-order chi connectivity index (χ0) is 13.7. The minimum absolute atomic E-state index is 0.372. The molecular weight excluding hydrogens is 258 g/mol. The van der Waals surface area contributed by atoms with E-state index in [1.165, 1.54) is 10.4 Å². The van der Waals surface area contributed by atoms with E-state index < -0.39 is 5.97 Å². The van der Waals surface area contributed by atoms with E-state index in [1.807, 2.05) is 12.1 Å². The molecule has 2 N–H and O–H groups in total. The van der Waals surface area contributed by atoms with Gasteiger partial charge in [0.1, 0.15) is 0 Å². The second-order valence-electron chi connectivity index (χ2n) is 4.29. The van der Waals surface area contributed by atoms with Crippen molar-refractivity contribution in [1.29, 1.82) is 0 Å². The lowest BCUT2D eigenvalue weighted by Gasteiger charge is -2.08. The third-order valence-electron chi connectivity index (χ3n) is 3.07. The predicted molar refractivity (Wildman–Crippen MR) is 77.6 cm³/mol. The first kappa shape index (κ1) is 13.8. The smallest absolute Gasteiger partial charge is 0.336 e. The third kappa shape index (κ3) is 3.43. The fourth-order valence-corrected chi connectivity index (χ4v) is 2.98. The second kappa shape index (κ2) is 6.50. The highest BCUT2D eigenvalue weighted by Crippen LogP contribution is 2.17. The molecule has 0 aliphatic heterocycles. The molecule has 19 heavy (non-hydrogen) atoms. The predicted octanol–water partition coefficient (Wildman–Crippen LogP) is 3.30. The molecule has 3 nitrogen and oxygen atoms in total. The molecule has 2 aromatic rings. The maximum absolute atomic E-state index is 11.1. The molecule has 0 aliphatic carbocycles. The van der Waals surface area contributed by atoms with Crippen molar-refractivity contribution in [2.75, 3.05) is 0 Å². The van der Waals surface area contributed by atoms with Crippen molar-refractivity contribution in [3.8, 4) is 0 Å². The van der Waals surface area contributed by atoms with Crippen molar-refractivity contribution in [2.24, 2.45) is 0 Å². The molecule has 0 bridgehead atoms. The molecule has 0 saturated heterocycles. The zero-order valence-electron chi connectivity index (χ0n) is 10.8. The Bertz CT molecular complexity index is 563. The van der Waals surface area contributed by atoms with Gasteiger partial charge in [0.2, 0.25) is 0 Å². The standard InChI is InChI=1S/C15H17NO2S/c1-2-11-7-8-19-14(11)10-16-9-12-5-3-4-6-13(12)15(17)18/h3-8,16H,2,9-10H2,1H3,(H,17,18). The van der Waals surface area contributed by atoms with Crippen molar-refractivity contribution in [3.05, 3.63) is 57.3 Å². The summed E-state index contributed by atoms with van der Waals surface area (Å²) in [7, 11) is 0. The number of hydrogen-bond donors (Lipinski definition) is 2. The van der Waals surface area contributed by atoms with Crippen LogP contribution in [0.2, 0.25) is 0 Å². The summed E-state index contributed by atoms with van der Waals surface area (Å²) in [5.74, 6) is -0.872. The van der Waals surface area contributed by atoms with Crippen molar-refractivity contribution in [2.45, 2.75) is 26.4 Å². The summed E-state index contributed by atoms with van der Waals surface area (Å²) in [4.78, 5) is 12.4. The van der Waals surface area contributed by atoms with E-state index in [9.17, 15) is 4.79 Å². The lowest BCUT2D eigenvalue weighted by molar-refractivity contribution is 0.0695.